The average molecular weight is 405 g/mol. The molecule has 156 valence electrons. The number of nitrogens with zero attached hydrogens (tertiary/aromatic N) is 3. The summed E-state index contributed by atoms with van der Waals surface area (Å²) in [5, 5.41) is 12.0. The molecule has 2 N–H and O–H groups in total. The number of carbonyl (C=O) groups is 1. The zero-order valence-corrected chi connectivity index (χ0v) is 17.0. The van der Waals surface area contributed by atoms with Gasteiger partial charge >= 0.3 is 6.09 Å². The van der Waals surface area contributed by atoms with Gasteiger partial charge in [-0.1, -0.05) is 42.5 Å². The summed E-state index contributed by atoms with van der Waals surface area (Å²) in [6.45, 7) is 0.923. The molecule has 3 heterocycles. The summed E-state index contributed by atoms with van der Waals surface area (Å²) in [6, 6.07) is 19.7. The highest BCUT2D eigenvalue weighted by Gasteiger charge is 2.41. The lowest BCUT2D eigenvalue weighted by atomic mass is 9.95. The smallest absolute Gasteiger partial charge is 0.405 e. The van der Waals surface area contributed by atoms with Crippen molar-refractivity contribution in [3.63, 3.8) is 0 Å². The number of carboxylic acid groups (broad SMARTS) is 1. The van der Waals surface area contributed by atoms with E-state index in [9.17, 15) is 9.90 Å². The molecule has 1 amide bonds. The number of rotatable bonds is 6. The minimum absolute atomic E-state index is 0.168. The fraction of sp³-hybridized carbons (Fsp3) is 0.417. The number of imidazole rings is 1. The summed E-state index contributed by atoms with van der Waals surface area (Å²) in [5.74, 6) is 0. The molecule has 0 radical (unpaired) electrons. The van der Waals surface area contributed by atoms with Crippen LogP contribution in [0.4, 0.5) is 4.79 Å². The van der Waals surface area contributed by atoms with Gasteiger partial charge in [0.15, 0.2) is 0 Å². The second kappa shape index (κ2) is 8.11. The van der Waals surface area contributed by atoms with Crippen LogP contribution in [0.2, 0.25) is 0 Å². The highest BCUT2D eigenvalue weighted by atomic mass is 16.4. The number of nitrogens with one attached hydrogen (secondary N) is 1. The van der Waals surface area contributed by atoms with Crippen molar-refractivity contribution >= 4 is 17.1 Å². The molecule has 1 unspecified atom stereocenters. The molecule has 2 aliphatic heterocycles. The summed E-state index contributed by atoms with van der Waals surface area (Å²) < 4.78 is 2.37. The van der Waals surface area contributed by atoms with Crippen LogP contribution in [0.3, 0.4) is 0 Å². The molecule has 0 aliphatic carbocycles. The normalized spacial score (nSPS) is 24.7. The van der Waals surface area contributed by atoms with Gasteiger partial charge in [-0.25, -0.2) is 9.78 Å². The van der Waals surface area contributed by atoms with Crippen LogP contribution in [0.15, 0.2) is 60.9 Å². The van der Waals surface area contributed by atoms with Gasteiger partial charge in [0.25, 0.3) is 0 Å². The molecule has 4 atom stereocenters. The molecule has 2 aliphatic rings. The second-order valence-electron chi connectivity index (χ2n) is 8.59. The maximum Gasteiger partial charge on any atom is 0.405 e. The Kier molecular flexibility index (Phi) is 5.17. The standard InChI is InChI=1S/C24H28N4O2/c29-24(30)26-21(17-6-2-1-3-7-17)12-13-27-18-10-11-19(27)15-20(14-18)28-16-25-22-8-4-5-9-23(22)28/h1-9,16,18-21,26H,10-15H2,(H,29,30)/t18-,19+,20?,21-/m0/s1. The molecule has 2 saturated heterocycles. The molecule has 2 aromatic carbocycles. The van der Waals surface area contributed by atoms with E-state index in [1.165, 1.54) is 18.4 Å². The molecule has 6 nitrogen and oxygen atoms in total. The van der Waals surface area contributed by atoms with Gasteiger partial charge in [0.1, 0.15) is 0 Å². The summed E-state index contributed by atoms with van der Waals surface area (Å²) in [4.78, 5) is 18.5. The summed E-state index contributed by atoms with van der Waals surface area (Å²) in [5.41, 5.74) is 3.33. The highest BCUT2D eigenvalue weighted by Crippen LogP contribution is 2.42. The summed E-state index contributed by atoms with van der Waals surface area (Å²) in [7, 11) is 0. The topological polar surface area (TPSA) is 70.4 Å². The third kappa shape index (κ3) is 3.67. The van der Waals surface area contributed by atoms with Gasteiger partial charge in [0.2, 0.25) is 0 Å². The van der Waals surface area contributed by atoms with Crippen LogP contribution in [0.1, 0.15) is 49.8 Å². The number of amides is 1. The molecule has 0 saturated carbocycles. The first kappa shape index (κ1) is 19.1. The van der Waals surface area contributed by atoms with Gasteiger partial charge in [-0.15, -0.1) is 0 Å². The van der Waals surface area contributed by atoms with Crippen molar-refractivity contribution < 1.29 is 9.90 Å². The van der Waals surface area contributed by atoms with E-state index in [2.05, 4.69) is 38.0 Å². The molecule has 1 aromatic heterocycles. The molecular formula is C24H28N4O2. The number of hydrogen-bond donors (Lipinski definition) is 2. The number of aromatic nitrogens is 2. The van der Waals surface area contributed by atoms with Crippen LogP contribution in [0, 0.1) is 0 Å². The lowest BCUT2D eigenvalue weighted by molar-refractivity contribution is 0.103. The maximum atomic E-state index is 11.3. The first-order valence-electron chi connectivity index (χ1n) is 10.9. The predicted molar refractivity (Wildman–Crippen MR) is 116 cm³/mol. The first-order chi connectivity index (χ1) is 14.7. The summed E-state index contributed by atoms with van der Waals surface area (Å²) in [6.07, 6.45) is 6.58. The van der Waals surface area contributed by atoms with Gasteiger partial charge in [-0.2, -0.15) is 0 Å². The molecule has 3 aromatic rings. The van der Waals surface area contributed by atoms with Crippen molar-refractivity contribution in [1.29, 1.82) is 0 Å². The van der Waals surface area contributed by atoms with Crippen LogP contribution in [-0.2, 0) is 0 Å². The van der Waals surface area contributed by atoms with E-state index >= 15 is 0 Å². The number of piperidine rings is 1. The lowest BCUT2D eigenvalue weighted by Gasteiger charge is -2.40. The van der Waals surface area contributed by atoms with Crippen LogP contribution in [0.25, 0.3) is 11.0 Å². The van der Waals surface area contributed by atoms with Gasteiger partial charge < -0.3 is 15.0 Å². The third-order valence-corrected chi connectivity index (χ3v) is 6.91. The Balaban J connectivity index is 1.28. The van der Waals surface area contributed by atoms with Crippen molar-refractivity contribution in [3.05, 3.63) is 66.5 Å². The number of fused-ring (bicyclic) bond motifs is 3. The minimum atomic E-state index is -0.961. The van der Waals surface area contributed by atoms with Crippen LogP contribution in [-0.4, -0.2) is 44.3 Å². The highest BCUT2D eigenvalue weighted by molar-refractivity contribution is 5.75. The van der Waals surface area contributed by atoms with E-state index in [0.717, 1.165) is 36.9 Å². The van der Waals surface area contributed by atoms with E-state index < -0.39 is 6.09 Å². The SMILES string of the molecule is O=C(O)N[C@@H](CCN1[C@@H]2CC[C@H]1CC(n1cnc3ccccc31)C2)c1ccccc1. The van der Waals surface area contributed by atoms with Gasteiger partial charge in [-0.3, -0.25) is 4.90 Å². The second-order valence-corrected chi connectivity index (χ2v) is 8.59. The lowest BCUT2D eigenvalue weighted by Crippen LogP contribution is -2.44. The van der Waals surface area contributed by atoms with Gasteiger partial charge in [0, 0.05) is 24.7 Å². The van der Waals surface area contributed by atoms with E-state index in [-0.39, 0.29) is 6.04 Å². The number of para-hydroxylation sites is 2. The van der Waals surface area contributed by atoms with E-state index in [0.29, 0.717) is 18.1 Å². The Labute approximate surface area is 176 Å². The van der Waals surface area contributed by atoms with E-state index in [1.54, 1.807) is 0 Å². The van der Waals surface area contributed by atoms with E-state index in [1.807, 2.05) is 42.7 Å². The quantitative estimate of drug-likeness (QED) is 0.630. The van der Waals surface area contributed by atoms with E-state index in [4.69, 9.17) is 0 Å². The minimum Gasteiger partial charge on any atom is -0.465 e. The fourth-order valence-corrected chi connectivity index (χ4v) is 5.54. The fourth-order valence-electron chi connectivity index (χ4n) is 5.54. The Bertz CT molecular complexity index is 1000. The van der Waals surface area contributed by atoms with Gasteiger partial charge in [-0.05, 0) is 49.8 Å². The third-order valence-electron chi connectivity index (χ3n) is 6.91. The molecule has 6 heteroatoms. The largest absolute Gasteiger partial charge is 0.465 e. The first-order valence-corrected chi connectivity index (χ1v) is 10.9. The predicted octanol–water partition coefficient (Wildman–Crippen LogP) is 4.60. The monoisotopic (exact) mass is 404 g/mol. The molecule has 5 rings (SSSR count). The molecular weight excluding hydrogens is 376 g/mol. The number of benzene rings is 2. The Morgan fingerprint density at radius 2 is 1.73 bits per heavy atom. The zero-order valence-electron chi connectivity index (χ0n) is 17.0. The maximum absolute atomic E-state index is 11.3. The molecule has 2 fully saturated rings. The molecule has 2 bridgehead atoms. The van der Waals surface area contributed by atoms with Crippen LogP contribution in [0.5, 0.6) is 0 Å². The van der Waals surface area contributed by atoms with Crippen LogP contribution < -0.4 is 5.32 Å². The summed E-state index contributed by atoms with van der Waals surface area (Å²) >= 11 is 0. The van der Waals surface area contributed by atoms with Crippen molar-refractivity contribution in [1.82, 2.24) is 19.8 Å². The average Bonchev–Trinajstić information content (AvgIpc) is 3.29. The van der Waals surface area contributed by atoms with Crippen molar-refractivity contribution in [2.45, 2.75) is 56.3 Å². The van der Waals surface area contributed by atoms with Crippen molar-refractivity contribution in [2.24, 2.45) is 0 Å². The van der Waals surface area contributed by atoms with Crippen molar-refractivity contribution in [3.8, 4) is 0 Å². The molecule has 0 spiro atoms. The Hall–Kier alpha value is -2.86. The van der Waals surface area contributed by atoms with Gasteiger partial charge in [0.05, 0.1) is 23.4 Å². The Morgan fingerprint density at radius 1 is 1.03 bits per heavy atom. The number of hydrogen-bond acceptors (Lipinski definition) is 3. The van der Waals surface area contributed by atoms with Crippen LogP contribution >= 0.6 is 0 Å². The van der Waals surface area contributed by atoms with Crippen molar-refractivity contribution in [2.75, 3.05) is 6.54 Å². The zero-order chi connectivity index (χ0) is 20.5. The Morgan fingerprint density at radius 3 is 2.47 bits per heavy atom. The molecule has 30 heavy (non-hydrogen) atoms.